The third kappa shape index (κ3) is 5.35. The lowest BCUT2D eigenvalue weighted by Gasteiger charge is -2.18. The quantitative estimate of drug-likeness (QED) is 0.526. The minimum absolute atomic E-state index is 0.0710. The molecule has 0 radical (unpaired) electrons. The van der Waals surface area contributed by atoms with Gasteiger partial charge in [0.2, 0.25) is 0 Å². The van der Waals surface area contributed by atoms with Crippen molar-refractivity contribution in [3.05, 3.63) is 82.7 Å². The van der Waals surface area contributed by atoms with E-state index in [1.165, 1.54) is 6.07 Å². The van der Waals surface area contributed by atoms with Gasteiger partial charge in [0.25, 0.3) is 21.8 Å². The Morgan fingerprint density at radius 1 is 1.00 bits per heavy atom. The number of amides is 2. The van der Waals surface area contributed by atoms with Gasteiger partial charge in [0.05, 0.1) is 0 Å². The van der Waals surface area contributed by atoms with Crippen molar-refractivity contribution in [2.45, 2.75) is 29.6 Å². The van der Waals surface area contributed by atoms with Crippen LogP contribution in [0, 0.1) is 0 Å². The number of hydrogen-bond donors (Lipinski definition) is 2. The average molecular weight is 470 g/mol. The van der Waals surface area contributed by atoms with E-state index in [-0.39, 0.29) is 16.0 Å². The molecule has 32 heavy (non-hydrogen) atoms. The predicted octanol–water partition coefficient (Wildman–Crippen LogP) is 3.71. The standard InChI is InChI=1S/C23H23N3O4S2/c1-26(15-16-4-6-17(7-5-16)22(27)24-19-12-13-19)23(28)18-8-10-20(11-9-18)25-32(29,30)21-3-2-14-31-21/h2-11,14,19,25H,12-13,15H2,1H3,(H,24,27). The van der Waals surface area contributed by atoms with E-state index in [4.69, 9.17) is 0 Å². The molecule has 166 valence electrons. The van der Waals surface area contributed by atoms with E-state index < -0.39 is 10.0 Å². The van der Waals surface area contributed by atoms with Crippen LogP contribution in [0.15, 0.2) is 70.3 Å². The monoisotopic (exact) mass is 469 g/mol. The first kappa shape index (κ1) is 22.0. The molecule has 2 aromatic carbocycles. The average Bonchev–Trinajstić information content (AvgIpc) is 3.40. The Labute approximate surface area is 191 Å². The van der Waals surface area contributed by atoms with E-state index in [9.17, 15) is 18.0 Å². The van der Waals surface area contributed by atoms with Gasteiger partial charge in [0.1, 0.15) is 4.21 Å². The number of benzene rings is 2. The first-order valence-corrected chi connectivity index (χ1v) is 12.5. The zero-order valence-electron chi connectivity index (χ0n) is 17.4. The van der Waals surface area contributed by atoms with Gasteiger partial charge in [-0.25, -0.2) is 8.42 Å². The van der Waals surface area contributed by atoms with Gasteiger partial charge in [0.15, 0.2) is 0 Å². The predicted molar refractivity (Wildman–Crippen MR) is 124 cm³/mol. The third-order valence-corrected chi connectivity index (χ3v) is 7.82. The molecule has 0 saturated heterocycles. The van der Waals surface area contributed by atoms with Gasteiger partial charge < -0.3 is 10.2 Å². The first-order chi connectivity index (χ1) is 15.3. The normalized spacial score (nSPS) is 13.4. The zero-order chi connectivity index (χ0) is 22.7. The van der Waals surface area contributed by atoms with Crippen molar-refractivity contribution < 1.29 is 18.0 Å². The van der Waals surface area contributed by atoms with Crippen LogP contribution in [-0.4, -0.2) is 38.2 Å². The maximum absolute atomic E-state index is 12.8. The molecule has 9 heteroatoms. The van der Waals surface area contributed by atoms with Crippen molar-refractivity contribution >= 4 is 38.9 Å². The molecule has 0 unspecified atom stereocenters. The maximum atomic E-state index is 12.8. The minimum atomic E-state index is -3.63. The Balaban J connectivity index is 1.35. The highest BCUT2D eigenvalue weighted by Crippen LogP contribution is 2.21. The Bertz CT molecular complexity index is 1200. The fraction of sp³-hybridized carbons (Fsp3) is 0.217. The van der Waals surface area contributed by atoms with E-state index in [0.717, 1.165) is 29.7 Å². The molecule has 2 N–H and O–H groups in total. The summed E-state index contributed by atoms with van der Waals surface area (Å²) in [6.07, 6.45) is 2.08. The summed E-state index contributed by atoms with van der Waals surface area (Å²) in [6, 6.07) is 17.1. The van der Waals surface area contributed by atoms with E-state index in [0.29, 0.717) is 29.4 Å². The molecule has 0 bridgehead atoms. The Morgan fingerprint density at radius 2 is 1.66 bits per heavy atom. The number of nitrogens with zero attached hydrogens (tertiary/aromatic N) is 1. The topological polar surface area (TPSA) is 95.6 Å². The summed E-state index contributed by atoms with van der Waals surface area (Å²) in [4.78, 5) is 26.4. The van der Waals surface area contributed by atoms with Gasteiger partial charge in [-0.3, -0.25) is 14.3 Å². The lowest BCUT2D eigenvalue weighted by molar-refractivity contribution is 0.0784. The van der Waals surface area contributed by atoms with Crippen LogP contribution in [0.2, 0.25) is 0 Å². The van der Waals surface area contributed by atoms with Crippen LogP contribution in [0.1, 0.15) is 39.1 Å². The Kier molecular flexibility index (Phi) is 6.29. The van der Waals surface area contributed by atoms with Crippen LogP contribution in [0.4, 0.5) is 5.69 Å². The number of thiophene rings is 1. The molecule has 1 fully saturated rings. The molecule has 0 spiro atoms. The fourth-order valence-corrected chi connectivity index (χ4v) is 5.18. The van der Waals surface area contributed by atoms with Crippen molar-refractivity contribution in [2.75, 3.05) is 11.8 Å². The van der Waals surface area contributed by atoms with Crippen molar-refractivity contribution in [3.8, 4) is 0 Å². The number of hydrogen-bond acceptors (Lipinski definition) is 5. The number of carbonyl (C=O) groups is 2. The van der Waals surface area contributed by atoms with Gasteiger partial charge in [-0.1, -0.05) is 18.2 Å². The third-order valence-electron chi connectivity index (χ3n) is 5.04. The van der Waals surface area contributed by atoms with Gasteiger partial charge in [-0.2, -0.15) is 0 Å². The highest BCUT2D eigenvalue weighted by molar-refractivity contribution is 7.94. The van der Waals surface area contributed by atoms with Crippen molar-refractivity contribution in [1.82, 2.24) is 10.2 Å². The number of carbonyl (C=O) groups excluding carboxylic acids is 2. The van der Waals surface area contributed by atoms with Crippen LogP contribution in [-0.2, 0) is 16.6 Å². The SMILES string of the molecule is CN(Cc1ccc(C(=O)NC2CC2)cc1)C(=O)c1ccc(NS(=O)(=O)c2cccs2)cc1. The molecule has 0 atom stereocenters. The van der Waals surface area contributed by atoms with Gasteiger partial charge in [-0.15, -0.1) is 11.3 Å². The second-order valence-corrected chi connectivity index (χ2v) is 10.6. The van der Waals surface area contributed by atoms with E-state index in [1.54, 1.807) is 59.8 Å². The molecule has 7 nitrogen and oxygen atoms in total. The number of anilines is 1. The van der Waals surface area contributed by atoms with Crippen molar-refractivity contribution in [2.24, 2.45) is 0 Å². The van der Waals surface area contributed by atoms with E-state index in [2.05, 4.69) is 10.0 Å². The molecule has 1 heterocycles. The summed E-state index contributed by atoms with van der Waals surface area (Å²) < 4.78 is 27.4. The lowest BCUT2D eigenvalue weighted by Crippen LogP contribution is -2.27. The van der Waals surface area contributed by atoms with Crippen LogP contribution >= 0.6 is 11.3 Å². The molecule has 1 saturated carbocycles. The summed E-state index contributed by atoms with van der Waals surface area (Å²) in [7, 11) is -1.93. The Morgan fingerprint density at radius 3 is 2.25 bits per heavy atom. The molecule has 1 aliphatic carbocycles. The molecule has 4 rings (SSSR count). The number of rotatable bonds is 8. The first-order valence-electron chi connectivity index (χ1n) is 10.1. The molecule has 1 aliphatic rings. The Hall–Kier alpha value is -3.17. The summed E-state index contributed by atoms with van der Waals surface area (Å²) in [5, 5.41) is 4.65. The van der Waals surface area contributed by atoms with E-state index >= 15 is 0 Å². The minimum Gasteiger partial charge on any atom is -0.349 e. The zero-order valence-corrected chi connectivity index (χ0v) is 19.1. The molecule has 2 amide bonds. The van der Waals surface area contributed by atoms with Crippen LogP contribution in [0.25, 0.3) is 0 Å². The summed E-state index contributed by atoms with van der Waals surface area (Å²) in [6.45, 7) is 0.385. The molecular formula is C23H23N3O4S2. The molecular weight excluding hydrogens is 446 g/mol. The summed E-state index contributed by atoms with van der Waals surface area (Å²) >= 11 is 1.14. The van der Waals surface area contributed by atoms with Crippen LogP contribution < -0.4 is 10.0 Å². The van der Waals surface area contributed by atoms with Crippen LogP contribution in [0.3, 0.4) is 0 Å². The molecule has 1 aromatic heterocycles. The smallest absolute Gasteiger partial charge is 0.271 e. The highest BCUT2D eigenvalue weighted by atomic mass is 32.2. The van der Waals surface area contributed by atoms with Gasteiger partial charge >= 0.3 is 0 Å². The summed E-state index contributed by atoms with van der Waals surface area (Å²) in [5.41, 5.74) is 2.35. The number of nitrogens with one attached hydrogen (secondary N) is 2. The van der Waals surface area contributed by atoms with Gasteiger partial charge in [-0.05, 0) is 66.2 Å². The fourth-order valence-electron chi connectivity index (χ4n) is 3.13. The number of sulfonamides is 1. The summed E-state index contributed by atoms with van der Waals surface area (Å²) in [5.74, 6) is -0.258. The van der Waals surface area contributed by atoms with Crippen molar-refractivity contribution in [1.29, 1.82) is 0 Å². The van der Waals surface area contributed by atoms with Crippen LogP contribution in [0.5, 0.6) is 0 Å². The van der Waals surface area contributed by atoms with Crippen molar-refractivity contribution in [3.63, 3.8) is 0 Å². The second-order valence-electron chi connectivity index (χ2n) is 7.72. The second kappa shape index (κ2) is 9.13. The largest absolute Gasteiger partial charge is 0.349 e. The lowest BCUT2D eigenvalue weighted by atomic mass is 10.1. The maximum Gasteiger partial charge on any atom is 0.271 e. The molecule has 0 aliphatic heterocycles. The highest BCUT2D eigenvalue weighted by Gasteiger charge is 2.23. The van der Waals surface area contributed by atoms with E-state index in [1.807, 2.05) is 12.1 Å². The van der Waals surface area contributed by atoms with Gasteiger partial charge in [0, 0.05) is 36.4 Å². The molecule has 3 aromatic rings.